The van der Waals surface area contributed by atoms with Crippen LogP contribution in [0.1, 0.15) is 18.4 Å². The molecule has 0 aliphatic carbocycles. The standard InChI is InChI=1S/C13H17ClFNO/c14-13-7-12(15)2-1-11(13)9-16-5-3-10(8-16)4-6-17/h1-2,7,10,17H,3-6,8-9H2. The van der Waals surface area contributed by atoms with Crippen LogP contribution in [0, 0.1) is 11.7 Å². The van der Waals surface area contributed by atoms with Crippen molar-refractivity contribution < 1.29 is 9.50 Å². The topological polar surface area (TPSA) is 23.5 Å². The average Bonchev–Trinajstić information content (AvgIpc) is 2.71. The minimum atomic E-state index is -0.293. The molecule has 1 aliphatic rings. The van der Waals surface area contributed by atoms with Crippen molar-refractivity contribution in [1.82, 2.24) is 4.90 Å². The molecule has 94 valence electrons. The normalized spacial score (nSPS) is 21.0. The molecule has 1 saturated heterocycles. The van der Waals surface area contributed by atoms with Crippen LogP contribution < -0.4 is 0 Å². The van der Waals surface area contributed by atoms with Crippen LogP contribution in [0.2, 0.25) is 5.02 Å². The summed E-state index contributed by atoms with van der Waals surface area (Å²) >= 11 is 6.00. The van der Waals surface area contributed by atoms with Crippen molar-refractivity contribution >= 4 is 11.6 Å². The molecule has 1 unspecified atom stereocenters. The summed E-state index contributed by atoms with van der Waals surface area (Å²) in [5, 5.41) is 9.39. The predicted octanol–water partition coefficient (Wildman–Crippen LogP) is 2.68. The van der Waals surface area contributed by atoms with Gasteiger partial charge in [0.2, 0.25) is 0 Å². The fourth-order valence-electron chi connectivity index (χ4n) is 2.37. The van der Waals surface area contributed by atoms with Crippen molar-refractivity contribution in [3.63, 3.8) is 0 Å². The van der Waals surface area contributed by atoms with Crippen LogP contribution in [0.5, 0.6) is 0 Å². The Morgan fingerprint density at radius 2 is 2.29 bits per heavy atom. The highest BCUT2D eigenvalue weighted by Gasteiger charge is 2.22. The van der Waals surface area contributed by atoms with Crippen molar-refractivity contribution in [1.29, 1.82) is 0 Å². The van der Waals surface area contributed by atoms with Gasteiger partial charge >= 0.3 is 0 Å². The van der Waals surface area contributed by atoms with Gasteiger partial charge in [-0.25, -0.2) is 4.39 Å². The van der Waals surface area contributed by atoms with E-state index in [1.807, 2.05) is 0 Å². The Bertz CT molecular complexity index is 386. The maximum Gasteiger partial charge on any atom is 0.124 e. The Morgan fingerprint density at radius 3 is 3.00 bits per heavy atom. The fraction of sp³-hybridized carbons (Fsp3) is 0.538. The molecule has 2 rings (SSSR count). The molecule has 1 aliphatic heterocycles. The van der Waals surface area contributed by atoms with Gasteiger partial charge in [0.05, 0.1) is 0 Å². The van der Waals surface area contributed by atoms with Gasteiger partial charge in [-0.15, -0.1) is 0 Å². The molecular formula is C13H17ClFNO. The van der Waals surface area contributed by atoms with E-state index in [1.54, 1.807) is 6.07 Å². The lowest BCUT2D eigenvalue weighted by atomic mass is 10.1. The molecule has 0 aromatic heterocycles. The van der Waals surface area contributed by atoms with E-state index >= 15 is 0 Å². The minimum absolute atomic E-state index is 0.260. The molecule has 0 bridgehead atoms. The van der Waals surface area contributed by atoms with Gasteiger partial charge in [0.1, 0.15) is 5.82 Å². The molecule has 1 N–H and O–H groups in total. The van der Waals surface area contributed by atoms with Gasteiger partial charge in [-0.1, -0.05) is 17.7 Å². The van der Waals surface area contributed by atoms with Gasteiger partial charge in [-0.05, 0) is 43.0 Å². The molecule has 0 amide bonds. The number of aliphatic hydroxyl groups excluding tert-OH is 1. The molecule has 0 saturated carbocycles. The predicted molar refractivity (Wildman–Crippen MR) is 66.5 cm³/mol. The monoisotopic (exact) mass is 257 g/mol. The fourth-order valence-corrected chi connectivity index (χ4v) is 2.59. The van der Waals surface area contributed by atoms with Crippen LogP contribution in [0.15, 0.2) is 18.2 Å². The van der Waals surface area contributed by atoms with Crippen molar-refractivity contribution in [3.8, 4) is 0 Å². The Balaban J connectivity index is 1.93. The van der Waals surface area contributed by atoms with Gasteiger partial charge in [0, 0.05) is 24.7 Å². The summed E-state index contributed by atoms with van der Waals surface area (Å²) in [7, 11) is 0. The zero-order valence-electron chi connectivity index (χ0n) is 9.70. The molecule has 4 heteroatoms. The number of rotatable bonds is 4. The van der Waals surface area contributed by atoms with Crippen molar-refractivity contribution in [2.75, 3.05) is 19.7 Å². The first-order chi connectivity index (χ1) is 8.19. The highest BCUT2D eigenvalue weighted by Crippen LogP contribution is 2.24. The second-order valence-electron chi connectivity index (χ2n) is 4.64. The number of nitrogens with zero attached hydrogens (tertiary/aromatic N) is 1. The molecule has 1 aromatic rings. The number of halogens is 2. The maximum atomic E-state index is 12.9. The molecule has 0 spiro atoms. The molecule has 1 heterocycles. The highest BCUT2D eigenvalue weighted by atomic mass is 35.5. The van der Waals surface area contributed by atoms with Gasteiger partial charge < -0.3 is 5.11 Å². The van der Waals surface area contributed by atoms with Gasteiger partial charge in [0.15, 0.2) is 0 Å². The zero-order valence-corrected chi connectivity index (χ0v) is 10.5. The molecule has 1 atom stereocenters. The first-order valence-electron chi connectivity index (χ1n) is 5.96. The van der Waals surface area contributed by atoms with Gasteiger partial charge in [-0.3, -0.25) is 4.90 Å². The van der Waals surface area contributed by atoms with E-state index in [0.29, 0.717) is 10.9 Å². The van der Waals surface area contributed by atoms with Crippen LogP contribution >= 0.6 is 11.6 Å². The van der Waals surface area contributed by atoms with Crippen molar-refractivity contribution in [2.24, 2.45) is 5.92 Å². The highest BCUT2D eigenvalue weighted by molar-refractivity contribution is 6.31. The Morgan fingerprint density at radius 1 is 1.47 bits per heavy atom. The van der Waals surface area contributed by atoms with E-state index in [2.05, 4.69) is 4.90 Å². The summed E-state index contributed by atoms with van der Waals surface area (Å²) in [6, 6.07) is 4.55. The molecule has 1 aromatic carbocycles. The lowest BCUT2D eigenvalue weighted by Gasteiger charge is -2.16. The summed E-state index contributed by atoms with van der Waals surface area (Å²) in [4.78, 5) is 2.31. The molecule has 17 heavy (non-hydrogen) atoms. The van der Waals surface area contributed by atoms with Crippen molar-refractivity contribution in [3.05, 3.63) is 34.6 Å². The van der Waals surface area contributed by atoms with E-state index in [9.17, 15) is 4.39 Å². The molecule has 1 fully saturated rings. The third-order valence-electron chi connectivity index (χ3n) is 3.32. The van der Waals surface area contributed by atoms with E-state index in [1.165, 1.54) is 12.1 Å². The third-order valence-corrected chi connectivity index (χ3v) is 3.67. The number of aliphatic hydroxyl groups is 1. The van der Waals surface area contributed by atoms with Crippen LogP contribution in [0.3, 0.4) is 0 Å². The summed E-state index contributed by atoms with van der Waals surface area (Å²) in [6.07, 6.45) is 1.99. The van der Waals surface area contributed by atoms with Crippen LogP contribution in [0.4, 0.5) is 4.39 Å². The van der Waals surface area contributed by atoms with Crippen LogP contribution in [-0.4, -0.2) is 29.7 Å². The SMILES string of the molecule is OCCC1CCN(Cc2ccc(F)cc2Cl)C1. The Kier molecular flexibility index (Phi) is 4.37. The lowest BCUT2D eigenvalue weighted by molar-refractivity contribution is 0.249. The van der Waals surface area contributed by atoms with E-state index in [-0.39, 0.29) is 12.4 Å². The van der Waals surface area contributed by atoms with Crippen LogP contribution in [0.25, 0.3) is 0 Å². The molecule has 2 nitrogen and oxygen atoms in total. The first-order valence-corrected chi connectivity index (χ1v) is 6.34. The Hall–Kier alpha value is -0.640. The average molecular weight is 258 g/mol. The van der Waals surface area contributed by atoms with Crippen molar-refractivity contribution in [2.45, 2.75) is 19.4 Å². The van der Waals surface area contributed by atoms with Crippen LogP contribution in [-0.2, 0) is 6.54 Å². The second kappa shape index (κ2) is 5.80. The summed E-state index contributed by atoms with van der Waals surface area (Å²) in [5.74, 6) is 0.289. The molecule has 0 radical (unpaired) electrons. The van der Waals surface area contributed by atoms with E-state index in [4.69, 9.17) is 16.7 Å². The minimum Gasteiger partial charge on any atom is -0.396 e. The largest absolute Gasteiger partial charge is 0.396 e. The lowest BCUT2D eigenvalue weighted by Crippen LogP contribution is -2.20. The number of benzene rings is 1. The first kappa shape index (κ1) is 12.8. The summed E-state index contributed by atoms with van der Waals surface area (Å²) < 4.78 is 12.9. The van der Waals surface area contributed by atoms with E-state index in [0.717, 1.165) is 38.0 Å². The molecular weight excluding hydrogens is 241 g/mol. The van der Waals surface area contributed by atoms with Gasteiger partial charge in [-0.2, -0.15) is 0 Å². The quantitative estimate of drug-likeness (QED) is 0.897. The zero-order chi connectivity index (χ0) is 12.3. The second-order valence-corrected chi connectivity index (χ2v) is 5.05. The summed E-state index contributed by atoms with van der Waals surface area (Å²) in [5.41, 5.74) is 0.970. The number of hydrogen-bond donors (Lipinski definition) is 1. The smallest absolute Gasteiger partial charge is 0.124 e. The van der Waals surface area contributed by atoms with Gasteiger partial charge in [0.25, 0.3) is 0 Å². The Labute approximate surface area is 106 Å². The third kappa shape index (κ3) is 3.41. The maximum absolute atomic E-state index is 12.9. The number of likely N-dealkylation sites (tertiary alicyclic amines) is 1. The number of hydrogen-bond acceptors (Lipinski definition) is 2. The van der Waals surface area contributed by atoms with E-state index < -0.39 is 0 Å². The summed E-state index contributed by atoms with van der Waals surface area (Å²) in [6.45, 7) is 3.05.